The van der Waals surface area contributed by atoms with Crippen LogP contribution in [0.1, 0.15) is 89.0 Å². The summed E-state index contributed by atoms with van der Waals surface area (Å²) < 4.78 is 65.5. The molecule has 0 aliphatic heterocycles. The van der Waals surface area contributed by atoms with E-state index in [4.69, 9.17) is 0 Å². The molecule has 448 valence electrons. The fourth-order valence-corrected chi connectivity index (χ4v) is 12.6. The lowest BCUT2D eigenvalue weighted by Gasteiger charge is -2.12. The first-order chi connectivity index (χ1) is 41.6. The van der Waals surface area contributed by atoms with Crippen LogP contribution in [0, 0.1) is 134 Å². The van der Waals surface area contributed by atoms with E-state index in [0.717, 1.165) is 88.8 Å². The second-order valence-corrected chi connectivity index (χ2v) is 24.6. The van der Waals surface area contributed by atoms with Gasteiger partial charge in [-0.2, -0.15) is 18.3 Å². The van der Waals surface area contributed by atoms with Gasteiger partial charge in [-0.25, -0.2) is 17.6 Å². The van der Waals surface area contributed by atoms with Crippen molar-refractivity contribution in [1.82, 2.24) is 0 Å². The van der Waals surface area contributed by atoms with Gasteiger partial charge in [0.1, 0.15) is 51.5 Å². The molecule has 88 heavy (non-hydrogen) atoms. The number of aromatic nitrogens is 4. The Hall–Kier alpha value is -8.88. The van der Waals surface area contributed by atoms with Crippen molar-refractivity contribution < 1.29 is 35.8 Å². The molecule has 4 heterocycles. The number of hydrogen-bond acceptors (Lipinski definition) is 0. The minimum Gasteiger partial charge on any atom is -0.206 e. The molecule has 0 saturated carbocycles. The minimum atomic E-state index is -0.165. The highest BCUT2D eigenvalue weighted by atomic mass is 19.1. The summed E-state index contributed by atoms with van der Waals surface area (Å²) in [4.78, 5) is 0. The molecule has 12 aromatic rings. The van der Waals surface area contributed by atoms with Crippen LogP contribution in [0.25, 0.3) is 88.6 Å². The highest BCUT2D eigenvalue weighted by Crippen LogP contribution is 2.33. The van der Waals surface area contributed by atoms with Gasteiger partial charge >= 0.3 is 0 Å². The van der Waals surface area contributed by atoms with Crippen molar-refractivity contribution >= 4 is 43.6 Å². The van der Waals surface area contributed by atoms with Crippen molar-refractivity contribution in [2.45, 2.75) is 111 Å². The first kappa shape index (κ1) is 63.6. The average molecular weight is 1180 g/mol. The maximum Gasteiger partial charge on any atom is 0.216 e. The number of pyridine rings is 4. The summed E-state index contributed by atoms with van der Waals surface area (Å²) in [5.74, 6) is -0.479. The van der Waals surface area contributed by atoms with Gasteiger partial charge in [-0.1, -0.05) is 65.2 Å². The van der Waals surface area contributed by atoms with Gasteiger partial charge in [0, 0.05) is 70.8 Å². The van der Waals surface area contributed by atoms with Gasteiger partial charge in [0.15, 0.2) is 0 Å². The molecule has 0 saturated heterocycles. The lowest BCUT2D eigenvalue weighted by atomic mass is 9.96. The van der Waals surface area contributed by atoms with Crippen molar-refractivity contribution in [2.75, 3.05) is 0 Å². The highest BCUT2D eigenvalue weighted by molar-refractivity contribution is 5.85. The zero-order chi connectivity index (χ0) is 64.1. The molecule has 0 aliphatic rings. The van der Waals surface area contributed by atoms with Crippen molar-refractivity contribution in [3.8, 4) is 45.0 Å². The summed E-state index contributed by atoms with van der Waals surface area (Å²) in [6.45, 7) is 32.1. The molecular weight excluding hydrogens is 1090 g/mol. The third-order valence-corrected chi connectivity index (χ3v) is 18.2. The molecule has 0 bridgehead atoms. The van der Waals surface area contributed by atoms with Crippen LogP contribution in [0.5, 0.6) is 0 Å². The van der Waals surface area contributed by atoms with Crippen molar-refractivity contribution in [2.24, 2.45) is 28.2 Å². The number of fused-ring (bicyclic) bond motifs is 4. The molecule has 0 fully saturated rings. The number of benzene rings is 8. The van der Waals surface area contributed by atoms with Crippen LogP contribution in [0.4, 0.5) is 17.6 Å². The number of rotatable bonds is 4. The Labute approximate surface area is 518 Å². The summed E-state index contributed by atoms with van der Waals surface area (Å²) in [5.41, 5.74) is 29.9. The van der Waals surface area contributed by atoms with E-state index in [1.165, 1.54) is 66.8 Å². The summed E-state index contributed by atoms with van der Waals surface area (Å²) in [6, 6.07) is 49.2. The number of aryl methyl sites for hydroxylation is 18. The fraction of sp³-hybridized carbons (Fsp3) is 0.250. The molecule has 4 nitrogen and oxygen atoms in total. The highest BCUT2D eigenvalue weighted by Gasteiger charge is 2.25. The van der Waals surface area contributed by atoms with E-state index in [2.05, 4.69) is 167 Å². The SMILES string of the molecule is Cc1cc(C)c(C)c(-c2cc(F)c3ccc(C)cc3[n+]2C)c1.Cc1cc(C)c(C)c(-c2ccc3c(C)c(F)c(C)cc3[n+]2C)c1.Cc1ccc(C)c(-c2ccc3c(C)c(F)c(C)cc3[n+]2C)c1.Cc1ccccc1-c1ccc2c(C)c(F)c(C)cc2[n+]1C. The van der Waals surface area contributed by atoms with Crippen LogP contribution in [0.2, 0.25) is 0 Å². The molecule has 0 radical (unpaired) electrons. The van der Waals surface area contributed by atoms with E-state index in [0.29, 0.717) is 22.1 Å². The number of nitrogens with zero attached hydrogens (tertiary/aromatic N) is 4. The van der Waals surface area contributed by atoms with E-state index in [1.54, 1.807) is 6.07 Å². The van der Waals surface area contributed by atoms with Gasteiger partial charge in [0.25, 0.3) is 0 Å². The second kappa shape index (κ2) is 25.4. The molecule has 0 N–H and O–H groups in total. The molecule has 8 aromatic carbocycles. The summed E-state index contributed by atoms with van der Waals surface area (Å²) in [7, 11) is 8.16. The van der Waals surface area contributed by atoms with Crippen molar-refractivity contribution in [3.05, 3.63) is 258 Å². The lowest BCUT2D eigenvalue weighted by molar-refractivity contribution is -0.633. The quantitative estimate of drug-likeness (QED) is 0.123. The van der Waals surface area contributed by atoms with Gasteiger partial charge in [0.05, 0.1) is 21.5 Å². The molecule has 0 atom stereocenters. The van der Waals surface area contributed by atoms with Crippen LogP contribution in [-0.2, 0) is 28.2 Å². The Morgan fingerprint density at radius 3 is 1.03 bits per heavy atom. The van der Waals surface area contributed by atoms with Gasteiger partial charge in [-0.15, -0.1) is 0 Å². The topological polar surface area (TPSA) is 15.5 Å². The van der Waals surface area contributed by atoms with Gasteiger partial charge < -0.3 is 0 Å². The molecule has 0 spiro atoms. The van der Waals surface area contributed by atoms with Crippen molar-refractivity contribution in [3.63, 3.8) is 0 Å². The monoisotopic (exact) mass is 1180 g/mol. The Kier molecular flexibility index (Phi) is 18.4. The Bertz CT molecular complexity index is 4780. The molecular formula is C80H84F4N4+4. The van der Waals surface area contributed by atoms with E-state index < -0.39 is 0 Å². The molecule has 0 unspecified atom stereocenters. The van der Waals surface area contributed by atoms with Crippen LogP contribution >= 0.6 is 0 Å². The predicted octanol–water partition coefficient (Wildman–Crippen LogP) is 18.8. The van der Waals surface area contributed by atoms with E-state index in [9.17, 15) is 17.6 Å². The number of hydrogen-bond donors (Lipinski definition) is 0. The van der Waals surface area contributed by atoms with Gasteiger partial charge in [-0.3, -0.25) is 0 Å². The largest absolute Gasteiger partial charge is 0.216 e. The Morgan fingerprint density at radius 2 is 0.580 bits per heavy atom. The predicted molar refractivity (Wildman–Crippen MR) is 358 cm³/mol. The van der Waals surface area contributed by atoms with Crippen LogP contribution in [0.15, 0.2) is 146 Å². The van der Waals surface area contributed by atoms with E-state index >= 15 is 0 Å². The zero-order valence-electron chi connectivity index (χ0n) is 55.2. The maximum absolute atomic E-state index is 14.6. The van der Waals surface area contributed by atoms with E-state index in [1.807, 2.05) is 129 Å². The summed E-state index contributed by atoms with van der Waals surface area (Å²) in [6.07, 6.45) is 0. The summed E-state index contributed by atoms with van der Waals surface area (Å²) >= 11 is 0. The first-order valence-corrected chi connectivity index (χ1v) is 30.2. The normalized spacial score (nSPS) is 11.2. The number of halogens is 4. The van der Waals surface area contributed by atoms with Crippen LogP contribution < -0.4 is 18.3 Å². The molecule has 12 rings (SSSR count). The zero-order valence-corrected chi connectivity index (χ0v) is 55.2. The van der Waals surface area contributed by atoms with Gasteiger partial charge in [-0.05, 0) is 232 Å². The lowest BCUT2D eigenvalue weighted by Crippen LogP contribution is -2.33. The first-order valence-electron chi connectivity index (χ1n) is 30.2. The molecule has 8 heteroatoms. The molecule has 4 aromatic heterocycles. The molecule has 0 amide bonds. The van der Waals surface area contributed by atoms with Crippen molar-refractivity contribution in [1.29, 1.82) is 0 Å². The van der Waals surface area contributed by atoms with Crippen LogP contribution in [0.3, 0.4) is 0 Å². The Morgan fingerprint density at radius 1 is 0.239 bits per heavy atom. The van der Waals surface area contributed by atoms with Gasteiger partial charge in [0.2, 0.25) is 44.8 Å². The third kappa shape index (κ3) is 12.2. The van der Waals surface area contributed by atoms with E-state index in [-0.39, 0.29) is 23.3 Å². The minimum absolute atomic E-state index is 0.104. The summed E-state index contributed by atoms with van der Waals surface area (Å²) in [5, 5.41) is 3.58. The maximum atomic E-state index is 14.6. The average Bonchev–Trinajstić information content (AvgIpc) is 2.88. The molecule has 0 aliphatic carbocycles. The standard InChI is InChI=1S/C21H23FN.2C20H21FN.C19H19FN/c1-12-9-13(2)15(4)18(10-12)19-8-7-17-16(5)21(22)14(3)11-20(17)23(19)6;1-12-6-7-16-18(21)11-20(22(5)19(16)10-12)17-9-13(2)8-14(3)15(17)4;1-12-6-7-13(2)17(10-12)18-9-8-16-15(4)20(21)14(3)11-19(16)22(18)5;1-12-7-5-6-8-15(12)17-10-9-16-14(3)19(20)13(2)11-18(16)21(17)4/h7-11H,1-6H3;2*6-11H,1-5H3;5-11H,1-4H3/q4*+1. The fourth-order valence-electron chi connectivity index (χ4n) is 12.6. The third-order valence-electron chi connectivity index (χ3n) is 18.2. The Balaban J connectivity index is 0.000000140. The smallest absolute Gasteiger partial charge is 0.206 e. The second-order valence-electron chi connectivity index (χ2n) is 24.6. The van der Waals surface area contributed by atoms with Crippen LogP contribution in [-0.4, -0.2) is 0 Å².